The Morgan fingerprint density at radius 3 is 2.70 bits per heavy atom. The third-order valence-electron chi connectivity index (χ3n) is 3.86. The number of esters is 1. The molecule has 0 saturated carbocycles. The SMILES string of the molecule is CCCC(=O)Nc1ccc(C(=O)OCc2cc(=O)n3c(C)csc3n2)cc1. The minimum Gasteiger partial charge on any atom is -0.456 e. The van der Waals surface area contributed by atoms with Crippen LogP contribution in [0.5, 0.6) is 0 Å². The van der Waals surface area contributed by atoms with Crippen molar-refractivity contribution in [1.29, 1.82) is 0 Å². The summed E-state index contributed by atoms with van der Waals surface area (Å²) in [7, 11) is 0. The number of fused-ring (bicyclic) bond motifs is 1. The van der Waals surface area contributed by atoms with E-state index in [4.69, 9.17) is 4.74 Å². The average molecular weight is 385 g/mol. The number of benzene rings is 1. The standard InChI is InChI=1S/C19H19N3O4S/c1-3-4-16(23)20-14-7-5-13(6-8-14)18(25)26-10-15-9-17(24)22-12(2)11-27-19(22)21-15/h5-9,11H,3-4,10H2,1-2H3,(H,20,23). The second-order valence-electron chi connectivity index (χ2n) is 6.03. The normalized spacial score (nSPS) is 10.7. The molecule has 27 heavy (non-hydrogen) atoms. The van der Waals surface area contributed by atoms with Crippen LogP contribution in [0.1, 0.15) is 41.5 Å². The van der Waals surface area contributed by atoms with Gasteiger partial charge in [-0.15, -0.1) is 11.3 Å². The fourth-order valence-electron chi connectivity index (χ4n) is 2.54. The highest BCUT2D eigenvalue weighted by atomic mass is 32.1. The first-order valence-corrected chi connectivity index (χ1v) is 9.39. The van der Waals surface area contributed by atoms with Crippen molar-refractivity contribution in [3.8, 4) is 0 Å². The van der Waals surface area contributed by atoms with E-state index in [2.05, 4.69) is 10.3 Å². The summed E-state index contributed by atoms with van der Waals surface area (Å²) in [6.45, 7) is 3.68. The molecule has 0 spiro atoms. The van der Waals surface area contributed by atoms with E-state index in [1.54, 1.807) is 24.3 Å². The predicted molar refractivity (Wildman–Crippen MR) is 103 cm³/mol. The van der Waals surface area contributed by atoms with E-state index in [0.29, 0.717) is 28.3 Å². The van der Waals surface area contributed by atoms with E-state index < -0.39 is 5.97 Å². The van der Waals surface area contributed by atoms with E-state index in [1.807, 2.05) is 19.2 Å². The lowest BCUT2D eigenvalue weighted by Gasteiger charge is -2.07. The van der Waals surface area contributed by atoms with Gasteiger partial charge >= 0.3 is 5.97 Å². The molecule has 3 aromatic rings. The molecule has 8 heteroatoms. The fraction of sp³-hybridized carbons (Fsp3) is 0.263. The number of anilines is 1. The fourth-order valence-corrected chi connectivity index (χ4v) is 3.43. The van der Waals surface area contributed by atoms with Crippen molar-refractivity contribution in [3.05, 3.63) is 63.0 Å². The molecule has 7 nitrogen and oxygen atoms in total. The quantitative estimate of drug-likeness (QED) is 0.658. The molecule has 3 rings (SSSR count). The number of nitrogens with one attached hydrogen (secondary N) is 1. The first-order chi connectivity index (χ1) is 13.0. The second-order valence-corrected chi connectivity index (χ2v) is 6.87. The summed E-state index contributed by atoms with van der Waals surface area (Å²) in [5.74, 6) is -0.588. The van der Waals surface area contributed by atoms with Crippen molar-refractivity contribution in [3.63, 3.8) is 0 Å². The number of thiazole rings is 1. The molecule has 0 aliphatic rings. The lowest BCUT2D eigenvalue weighted by Crippen LogP contribution is -2.16. The molecule has 0 bridgehead atoms. The summed E-state index contributed by atoms with van der Waals surface area (Å²) in [5.41, 5.74) is 2.00. The monoisotopic (exact) mass is 385 g/mol. The maximum Gasteiger partial charge on any atom is 0.338 e. The van der Waals surface area contributed by atoms with Gasteiger partial charge in [-0.05, 0) is 37.6 Å². The van der Waals surface area contributed by atoms with Gasteiger partial charge < -0.3 is 10.1 Å². The molecule has 0 atom stereocenters. The van der Waals surface area contributed by atoms with Crippen molar-refractivity contribution in [2.24, 2.45) is 0 Å². The predicted octanol–water partition coefficient (Wildman–Crippen LogP) is 3.16. The molecule has 1 amide bonds. The Morgan fingerprint density at radius 1 is 1.26 bits per heavy atom. The largest absolute Gasteiger partial charge is 0.456 e. The molecule has 0 radical (unpaired) electrons. The number of hydrogen-bond acceptors (Lipinski definition) is 6. The number of nitrogens with zero attached hydrogens (tertiary/aromatic N) is 2. The molecule has 2 heterocycles. The van der Waals surface area contributed by atoms with Gasteiger partial charge in [0.1, 0.15) is 6.61 Å². The maximum atomic E-state index is 12.2. The molecule has 0 unspecified atom stereocenters. The van der Waals surface area contributed by atoms with Crippen molar-refractivity contribution in [2.45, 2.75) is 33.3 Å². The van der Waals surface area contributed by atoms with E-state index in [-0.39, 0.29) is 18.1 Å². The summed E-state index contributed by atoms with van der Waals surface area (Å²) >= 11 is 1.36. The van der Waals surface area contributed by atoms with Gasteiger partial charge in [-0.2, -0.15) is 0 Å². The van der Waals surface area contributed by atoms with Crippen LogP contribution in [0.25, 0.3) is 4.96 Å². The van der Waals surface area contributed by atoms with Crippen LogP contribution >= 0.6 is 11.3 Å². The Hall–Kier alpha value is -3.00. The smallest absolute Gasteiger partial charge is 0.338 e. The van der Waals surface area contributed by atoms with Crippen LogP contribution in [0.15, 0.2) is 40.5 Å². The molecule has 0 saturated heterocycles. The van der Waals surface area contributed by atoms with Crippen molar-refractivity contribution in [1.82, 2.24) is 9.38 Å². The van der Waals surface area contributed by atoms with Crippen LogP contribution < -0.4 is 10.9 Å². The molecular formula is C19H19N3O4S. The molecular weight excluding hydrogens is 366 g/mol. The molecule has 0 fully saturated rings. The van der Waals surface area contributed by atoms with Crippen LogP contribution in [0.3, 0.4) is 0 Å². The Kier molecular flexibility index (Phi) is 5.66. The summed E-state index contributed by atoms with van der Waals surface area (Å²) in [4.78, 5) is 40.8. The number of aromatic nitrogens is 2. The summed E-state index contributed by atoms with van der Waals surface area (Å²) in [6, 6.07) is 7.83. The zero-order valence-electron chi connectivity index (χ0n) is 15.0. The Bertz CT molecular complexity index is 1040. The third-order valence-corrected chi connectivity index (χ3v) is 4.80. The Balaban J connectivity index is 1.64. The highest BCUT2D eigenvalue weighted by molar-refractivity contribution is 7.15. The molecule has 1 N–H and O–H groups in total. The number of hydrogen-bond donors (Lipinski definition) is 1. The van der Waals surface area contributed by atoms with Gasteiger partial charge in [0.25, 0.3) is 5.56 Å². The molecule has 0 aliphatic carbocycles. The Morgan fingerprint density at radius 2 is 2.00 bits per heavy atom. The van der Waals surface area contributed by atoms with Crippen LogP contribution in [-0.2, 0) is 16.1 Å². The van der Waals surface area contributed by atoms with Crippen LogP contribution in [0.4, 0.5) is 5.69 Å². The number of carbonyl (C=O) groups excluding carboxylic acids is 2. The number of carbonyl (C=O) groups is 2. The molecule has 1 aromatic carbocycles. The van der Waals surface area contributed by atoms with Crippen molar-refractivity contribution >= 4 is 33.9 Å². The summed E-state index contributed by atoms with van der Waals surface area (Å²) in [6.07, 6.45) is 1.22. The lowest BCUT2D eigenvalue weighted by atomic mass is 10.2. The van der Waals surface area contributed by atoms with Gasteiger partial charge in [0.15, 0.2) is 4.96 Å². The maximum absolute atomic E-state index is 12.2. The van der Waals surface area contributed by atoms with Crippen LogP contribution in [0, 0.1) is 6.92 Å². The first kappa shape index (κ1) is 18.8. The Labute approximate surface area is 159 Å². The number of rotatable bonds is 6. The molecule has 0 aliphatic heterocycles. The topological polar surface area (TPSA) is 89.8 Å². The average Bonchev–Trinajstić information content (AvgIpc) is 3.02. The highest BCUT2D eigenvalue weighted by Gasteiger charge is 2.11. The van der Waals surface area contributed by atoms with Gasteiger partial charge in [-0.1, -0.05) is 6.92 Å². The number of amides is 1. The van der Waals surface area contributed by atoms with E-state index >= 15 is 0 Å². The van der Waals surface area contributed by atoms with Gasteiger partial charge in [0.2, 0.25) is 5.91 Å². The van der Waals surface area contributed by atoms with Crippen molar-refractivity contribution in [2.75, 3.05) is 5.32 Å². The minimum absolute atomic E-state index is 0.0654. The summed E-state index contributed by atoms with van der Waals surface area (Å²) < 4.78 is 6.77. The van der Waals surface area contributed by atoms with E-state index in [0.717, 1.165) is 12.1 Å². The van der Waals surface area contributed by atoms with Gasteiger partial charge in [-0.25, -0.2) is 9.78 Å². The highest BCUT2D eigenvalue weighted by Crippen LogP contribution is 2.14. The lowest BCUT2D eigenvalue weighted by molar-refractivity contribution is -0.116. The van der Waals surface area contributed by atoms with Gasteiger partial charge in [0, 0.05) is 29.2 Å². The number of ether oxygens (including phenoxy) is 1. The third kappa shape index (κ3) is 4.40. The van der Waals surface area contributed by atoms with Crippen molar-refractivity contribution < 1.29 is 14.3 Å². The first-order valence-electron chi connectivity index (χ1n) is 8.51. The van der Waals surface area contributed by atoms with Gasteiger partial charge in [0.05, 0.1) is 11.3 Å². The van der Waals surface area contributed by atoms with Crippen LogP contribution in [0.2, 0.25) is 0 Å². The minimum atomic E-state index is -0.522. The zero-order valence-corrected chi connectivity index (χ0v) is 15.8. The molecule has 2 aromatic heterocycles. The van der Waals surface area contributed by atoms with Gasteiger partial charge in [-0.3, -0.25) is 14.0 Å². The number of aryl methyl sites for hydroxylation is 1. The molecule has 140 valence electrons. The summed E-state index contributed by atoms with van der Waals surface area (Å²) in [5, 5.41) is 4.60. The second kappa shape index (κ2) is 8.13. The van der Waals surface area contributed by atoms with Crippen LogP contribution in [-0.4, -0.2) is 21.3 Å². The van der Waals surface area contributed by atoms with E-state index in [9.17, 15) is 14.4 Å². The zero-order chi connectivity index (χ0) is 19.4. The van der Waals surface area contributed by atoms with E-state index in [1.165, 1.54) is 21.8 Å².